The molecule has 0 aliphatic carbocycles. The first-order chi connectivity index (χ1) is 9.66. The highest BCUT2D eigenvalue weighted by Gasteiger charge is 2.12. The number of hydrogen-bond donors (Lipinski definition) is 0. The van der Waals surface area contributed by atoms with E-state index < -0.39 is 5.82 Å². The second-order valence-electron chi connectivity index (χ2n) is 4.34. The van der Waals surface area contributed by atoms with Gasteiger partial charge in [0.2, 0.25) is 0 Å². The van der Waals surface area contributed by atoms with Gasteiger partial charge in [-0.2, -0.15) is 4.39 Å². The van der Waals surface area contributed by atoms with Crippen molar-refractivity contribution in [3.05, 3.63) is 57.5 Å². The van der Waals surface area contributed by atoms with Crippen LogP contribution < -0.4 is 4.74 Å². The molecule has 0 bridgehead atoms. The van der Waals surface area contributed by atoms with Crippen molar-refractivity contribution in [2.75, 3.05) is 6.61 Å². The lowest BCUT2D eigenvalue weighted by Gasteiger charge is -2.15. The Morgan fingerprint density at radius 2 is 2.00 bits per heavy atom. The Kier molecular flexibility index (Phi) is 5.72. The molecule has 0 amide bonds. The van der Waals surface area contributed by atoms with E-state index in [0.29, 0.717) is 16.8 Å². The van der Waals surface area contributed by atoms with Gasteiger partial charge in [-0.1, -0.05) is 30.3 Å². The van der Waals surface area contributed by atoms with Gasteiger partial charge in [0.15, 0.2) is 5.82 Å². The topological polar surface area (TPSA) is 31.4 Å². The predicted octanol–water partition coefficient (Wildman–Crippen LogP) is 3.81. The molecular formula is C15H15FINO2. The van der Waals surface area contributed by atoms with E-state index in [0.717, 1.165) is 5.56 Å². The van der Waals surface area contributed by atoms with Gasteiger partial charge in [0.1, 0.15) is 6.10 Å². The van der Waals surface area contributed by atoms with Crippen molar-refractivity contribution < 1.29 is 13.9 Å². The number of halogens is 2. The summed E-state index contributed by atoms with van der Waals surface area (Å²) in [6.07, 6.45) is 1.26. The molecule has 1 aromatic heterocycles. The zero-order chi connectivity index (χ0) is 14.4. The minimum absolute atomic E-state index is 0.0210. The Morgan fingerprint density at radius 3 is 2.75 bits per heavy atom. The van der Waals surface area contributed by atoms with Crippen molar-refractivity contribution >= 4 is 22.6 Å². The summed E-state index contributed by atoms with van der Waals surface area (Å²) in [6.45, 7) is 2.71. The Labute approximate surface area is 131 Å². The van der Waals surface area contributed by atoms with Crippen LogP contribution in [0.5, 0.6) is 5.88 Å². The summed E-state index contributed by atoms with van der Waals surface area (Å²) in [6, 6.07) is 11.5. The number of benzene rings is 1. The van der Waals surface area contributed by atoms with Crippen LogP contribution in [0.1, 0.15) is 12.5 Å². The quantitative estimate of drug-likeness (QED) is 0.707. The molecular weight excluding hydrogens is 372 g/mol. The van der Waals surface area contributed by atoms with Crippen LogP contribution in [0.4, 0.5) is 4.39 Å². The molecule has 2 aromatic rings. The lowest BCUT2D eigenvalue weighted by molar-refractivity contribution is 0.0453. The van der Waals surface area contributed by atoms with Crippen LogP contribution in [0.2, 0.25) is 0 Å². The van der Waals surface area contributed by atoms with Gasteiger partial charge in [-0.25, -0.2) is 4.98 Å². The van der Waals surface area contributed by atoms with Gasteiger partial charge < -0.3 is 9.47 Å². The highest BCUT2D eigenvalue weighted by molar-refractivity contribution is 14.1. The van der Waals surface area contributed by atoms with Gasteiger partial charge in [0, 0.05) is 6.20 Å². The zero-order valence-corrected chi connectivity index (χ0v) is 13.2. The summed E-state index contributed by atoms with van der Waals surface area (Å²) < 4.78 is 25.2. The molecule has 0 saturated heterocycles. The molecule has 1 heterocycles. The summed E-state index contributed by atoms with van der Waals surface area (Å²) in [4.78, 5) is 3.89. The summed E-state index contributed by atoms with van der Waals surface area (Å²) in [7, 11) is 0. The van der Waals surface area contributed by atoms with Crippen LogP contribution in [0.3, 0.4) is 0 Å². The molecule has 5 heteroatoms. The number of hydrogen-bond acceptors (Lipinski definition) is 3. The van der Waals surface area contributed by atoms with Gasteiger partial charge in [0.05, 0.1) is 16.8 Å². The van der Waals surface area contributed by atoms with Crippen LogP contribution in [0.25, 0.3) is 0 Å². The SMILES string of the molecule is CC(COCc1ccccc1)Oc1nccc(I)c1F. The molecule has 1 atom stereocenters. The van der Waals surface area contributed by atoms with Crippen LogP contribution in [0.15, 0.2) is 42.6 Å². The number of rotatable bonds is 6. The van der Waals surface area contributed by atoms with Crippen LogP contribution in [0, 0.1) is 9.39 Å². The second-order valence-corrected chi connectivity index (χ2v) is 5.50. The Hall–Kier alpha value is -1.21. The number of aromatic nitrogens is 1. The minimum atomic E-state index is -0.428. The van der Waals surface area contributed by atoms with Crippen LogP contribution in [-0.4, -0.2) is 17.7 Å². The van der Waals surface area contributed by atoms with Crippen molar-refractivity contribution in [3.63, 3.8) is 0 Å². The van der Waals surface area contributed by atoms with Gasteiger partial charge in [-0.15, -0.1) is 0 Å². The molecule has 0 N–H and O–H groups in total. The first kappa shape index (κ1) is 15.2. The van der Waals surface area contributed by atoms with Crippen molar-refractivity contribution in [2.45, 2.75) is 19.6 Å². The predicted molar refractivity (Wildman–Crippen MR) is 83.1 cm³/mol. The molecule has 1 aromatic carbocycles. The van der Waals surface area contributed by atoms with Gasteiger partial charge >= 0.3 is 0 Å². The molecule has 2 rings (SSSR count). The molecule has 106 valence electrons. The minimum Gasteiger partial charge on any atom is -0.470 e. The smallest absolute Gasteiger partial charge is 0.251 e. The summed E-state index contributed by atoms with van der Waals surface area (Å²) in [5.41, 5.74) is 1.10. The maximum absolute atomic E-state index is 13.7. The van der Waals surface area contributed by atoms with E-state index in [1.54, 1.807) is 6.07 Å². The van der Waals surface area contributed by atoms with Crippen molar-refractivity contribution in [2.24, 2.45) is 0 Å². The molecule has 0 saturated carbocycles. The van der Waals surface area contributed by atoms with E-state index in [4.69, 9.17) is 9.47 Å². The fourth-order valence-corrected chi connectivity index (χ4v) is 2.02. The highest BCUT2D eigenvalue weighted by atomic mass is 127. The molecule has 0 aliphatic heterocycles. The molecule has 20 heavy (non-hydrogen) atoms. The fraction of sp³-hybridized carbons (Fsp3) is 0.267. The Bertz CT molecular complexity index is 551. The van der Waals surface area contributed by atoms with E-state index in [9.17, 15) is 4.39 Å². The maximum atomic E-state index is 13.7. The van der Waals surface area contributed by atoms with Crippen molar-refractivity contribution in [3.8, 4) is 5.88 Å². The van der Waals surface area contributed by atoms with E-state index in [-0.39, 0.29) is 12.0 Å². The van der Waals surface area contributed by atoms with Crippen molar-refractivity contribution in [1.29, 1.82) is 0 Å². The van der Waals surface area contributed by atoms with E-state index in [1.807, 2.05) is 59.8 Å². The highest BCUT2D eigenvalue weighted by Crippen LogP contribution is 2.19. The lowest BCUT2D eigenvalue weighted by Crippen LogP contribution is -2.20. The number of ether oxygens (including phenoxy) is 2. The maximum Gasteiger partial charge on any atom is 0.251 e. The molecule has 3 nitrogen and oxygen atoms in total. The first-order valence-electron chi connectivity index (χ1n) is 6.25. The number of nitrogens with zero attached hydrogens (tertiary/aromatic N) is 1. The van der Waals surface area contributed by atoms with E-state index in [2.05, 4.69) is 4.98 Å². The summed E-state index contributed by atoms with van der Waals surface area (Å²) in [5, 5.41) is 0. The third-order valence-corrected chi connectivity index (χ3v) is 3.42. The average molecular weight is 387 g/mol. The molecule has 0 fully saturated rings. The molecule has 0 aliphatic rings. The average Bonchev–Trinajstić information content (AvgIpc) is 2.45. The normalized spacial score (nSPS) is 12.2. The van der Waals surface area contributed by atoms with E-state index >= 15 is 0 Å². The van der Waals surface area contributed by atoms with Crippen LogP contribution >= 0.6 is 22.6 Å². The standard InChI is InChI=1S/C15H15FINO2/c1-11(9-19-10-12-5-3-2-4-6-12)20-15-14(16)13(17)7-8-18-15/h2-8,11H,9-10H2,1H3. The summed E-state index contributed by atoms with van der Waals surface area (Å²) in [5.74, 6) is -0.407. The Balaban J connectivity index is 1.81. The molecule has 0 radical (unpaired) electrons. The van der Waals surface area contributed by atoms with Crippen LogP contribution in [-0.2, 0) is 11.3 Å². The third-order valence-electron chi connectivity index (χ3n) is 2.59. The zero-order valence-electron chi connectivity index (χ0n) is 11.1. The van der Waals surface area contributed by atoms with E-state index in [1.165, 1.54) is 6.20 Å². The van der Waals surface area contributed by atoms with Gasteiger partial charge in [-0.05, 0) is 41.1 Å². The van der Waals surface area contributed by atoms with Gasteiger partial charge in [-0.3, -0.25) is 0 Å². The third kappa shape index (κ3) is 4.42. The number of pyridine rings is 1. The monoisotopic (exact) mass is 387 g/mol. The second kappa shape index (κ2) is 7.54. The fourth-order valence-electron chi connectivity index (χ4n) is 1.63. The van der Waals surface area contributed by atoms with Crippen molar-refractivity contribution in [1.82, 2.24) is 4.98 Å². The van der Waals surface area contributed by atoms with Gasteiger partial charge in [0.25, 0.3) is 5.88 Å². The lowest BCUT2D eigenvalue weighted by atomic mass is 10.2. The summed E-state index contributed by atoms with van der Waals surface area (Å²) >= 11 is 1.91. The largest absolute Gasteiger partial charge is 0.470 e. The Morgan fingerprint density at radius 1 is 1.25 bits per heavy atom. The first-order valence-corrected chi connectivity index (χ1v) is 7.33. The molecule has 0 spiro atoms. The molecule has 1 unspecified atom stereocenters.